The van der Waals surface area contributed by atoms with E-state index in [-0.39, 0.29) is 12.4 Å². The summed E-state index contributed by atoms with van der Waals surface area (Å²) in [4.78, 5) is 18.0. The van der Waals surface area contributed by atoms with Crippen molar-refractivity contribution in [3.63, 3.8) is 0 Å². The van der Waals surface area contributed by atoms with Gasteiger partial charge in [-0.3, -0.25) is 0 Å². The van der Waals surface area contributed by atoms with E-state index in [1.165, 1.54) is 18.0 Å². The van der Waals surface area contributed by atoms with Gasteiger partial charge < -0.3 is 14.0 Å². The van der Waals surface area contributed by atoms with Gasteiger partial charge in [0.15, 0.2) is 6.61 Å². The molecule has 21 heavy (non-hydrogen) atoms. The van der Waals surface area contributed by atoms with Crippen molar-refractivity contribution in [2.45, 2.75) is 6.61 Å². The summed E-state index contributed by atoms with van der Waals surface area (Å²) in [5, 5.41) is 8.36. The molecule has 2 aromatic heterocycles. The number of rotatable bonds is 4. The zero-order valence-corrected chi connectivity index (χ0v) is 11.7. The largest absolute Gasteiger partial charge is 0.463 e. The Hall–Kier alpha value is -2.54. The summed E-state index contributed by atoms with van der Waals surface area (Å²) in [5.74, 6) is 0.0305. The molecule has 0 saturated heterocycles. The highest BCUT2D eigenvalue weighted by molar-refractivity contribution is 6.31. The number of esters is 1. The summed E-state index contributed by atoms with van der Waals surface area (Å²) in [6.07, 6.45) is 0. The SMILES string of the molecule is COC(=O)c1ccc(COn2nnc3ccc(Cl)cc32)o1. The summed E-state index contributed by atoms with van der Waals surface area (Å²) in [6.45, 7) is 0.0853. The molecule has 0 aliphatic carbocycles. The van der Waals surface area contributed by atoms with Crippen LogP contribution in [0.2, 0.25) is 5.02 Å². The first kappa shape index (κ1) is 13.4. The van der Waals surface area contributed by atoms with Gasteiger partial charge in [-0.15, -0.1) is 5.10 Å². The smallest absolute Gasteiger partial charge is 0.373 e. The van der Waals surface area contributed by atoms with Crippen LogP contribution in [-0.2, 0) is 11.3 Å². The quantitative estimate of drug-likeness (QED) is 0.687. The molecule has 1 aromatic carbocycles. The fraction of sp³-hybridized carbons (Fsp3) is 0.154. The Kier molecular flexibility index (Phi) is 3.49. The van der Waals surface area contributed by atoms with E-state index in [2.05, 4.69) is 15.0 Å². The molecule has 8 heteroatoms. The number of furan rings is 1. The molecule has 0 amide bonds. The molecule has 0 spiro atoms. The third kappa shape index (κ3) is 2.68. The number of carbonyl (C=O) groups excluding carboxylic acids is 1. The molecule has 108 valence electrons. The molecule has 2 heterocycles. The van der Waals surface area contributed by atoms with Gasteiger partial charge in [0.1, 0.15) is 16.8 Å². The van der Waals surface area contributed by atoms with E-state index in [4.69, 9.17) is 20.9 Å². The third-order valence-corrected chi connectivity index (χ3v) is 2.99. The molecule has 0 radical (unpaired) electrons. The van der Waals surface area contributed by atoms with Gasteiger partial charge in [0, 0.05) is 5.02 Å². The van der Waals surface area contributed by atoms with Gasteiger partial charge in [-0.1, -0.05) is 16.4 Å². The fourth-order valence-electron chi connectivity index (χ4n) is 1.76. The van der Waals surface area contributed by atoms with Crippen LogP contribution in [0, 0.1) is 0 Å². The Morgan fingerprint density at radius 1 is 1.38 bits per heavy atom. The molecule has 0 fully saturated rings. The van der Waals surface area contributed by atoms with E-state index in [0.29, 0.717) is 21.8 Å². The van der Waals surface area contributed by atoms with Crippen molar-refractivity contribution in [3.05, 3.63) is 46.9 Å². The Morgan fingerprint density at radius 3 is 3.05 bits per heavy atom. The van der Waals surface area contributed by atoms with Crippen molar-refractivity contribution in [2.24, 2.45) is 0 Å². The molecular formula is C13H10ClN3O4. The van der Waals surface area contributed by atoms with Crippen molar-refractivity contribution >= 4 is 28.6 Å². The Morgan fingerprint density at radius 2 is 2.24 bits per heavy atom. The number of aromatic nitrogens is 3. The molecule has 0 unspecified atom stereocenters. The number of carbonyl (C=O) groups is 1. The van der Waals surface area contributed by atoms with Crippen LogP contribution in [0.4, 0.5) is 0 Å². The average Bonchev–Trinajstić information content (AvgIpc) is 3.10. The lowest BCUT2D eigenvalue weighted by Crippen LogP contribution is -2.12. The van der Waals surface area contributed by atoms with Gasteiger partial charge in [-0.2, -0.15) is 0 Å². The van der Waals surface area contributed by atoms with Crippen LogP contribution in [0.25, 0.3) is 11.0 Å². The number of methoxy groups -OCH3 is 1. The highest BCUT2D eigenvalue weighted by Gasteiger charge is 2.12. The van der Waals surface area contributed by atoms with Gasteiger partial charge in [0.2, 0.25) is 5.76 Å². The lowest BCUT2D eigenvalue weighted by Gasteiger charge is -2.03. The number of hydrogen-bond acceptors (Lipinski definition) is 6. The van der Waals surface area contributed by atoms with Crippen LogP contribution in [-0.4, -0.2) is 28.2 Å². The minimum absolute atomic E-state index is 0.0853. The number of benzene rings is 1. The number of ether oxygens (including phenoxy) is 1. The first-order valence-corrected chi connectivity index (χ1v) is 6.36. The molecule has 7 nitrogen and oxygen atoms in total. The summed E-state index contributed by atoms with van der Waals surface area (Å²) in [6, 6.07) is 8.29. The molecule has 0 aliphatic heterocycles. The van der Waals surface area contributed by atoms with Gasteiger partial charge in [-0.25, -0.2) is 4.79 Å². The van der Waals surface area contributed by atoms with Crippen LogP contribution in [0.3, 0.4) is 0 Å². The predicted octanol–water partition coefficient (Wildman–Crippen LogP) is 2.09. The van der Waals surface area contributed by atoms with E-state index in [0.717, 1.165) is 0 Å². The van der Waals surface area contributed by atoms with Crippen LogP contribution >= 0.6 is 11.6 Å². The van der Waals surface area contributed by atoms with Crippen molar-refractivity contribution in [2.75, 3.05) is 7.11 Å². The maximum absolute atomic E-state index is 11.3. The Labute approximate surface area is 124 Å². The predicted molar refractivity (Wildman–Crippen MR) is 72.9 cm³/mol. The third-order valence-electron chi connectivity index (χ3n) is 2.75. The van der Waals surface area contributed by atoms with Crippen LogP contribution in [0.5, 0.6) is 0 Å². The molecule has 0 saturated carbocycles. The van der Waals surface area contributed by atoms with Crippen molar-refractivity contribution < 1.29 is 18.8 Å². The maximum atomic E-state index is 11.3. The second-order valence-corrected chi connectivity index (χ2v) is 4.56. The molecule has 3 rings (SSSR count). The zero-order chi connectivity index (χ0) is 14.8. The first-order chi connectivity index (χ1) is 10.2. The van der Waals surface area contributed by atoms with Crippen LogP contribution in [0.1, 0.15) is 16.3 Å². The Bertz CT molecular complexity index is 796. The molecule has 0 aliphatic rings. The van der Waals surface area contributed by atoms with Gasteiger partial charge >= 0.3 is 5.97 Å². The second-order valence-electron chi connectivity index (χ2n) is 4.13. The van der Waals surface area contributed by atoms with Crippen LogP contribution in [0.15, 0.2) is 34.7 Å². The lowest BCUT2D eigenvalue weighted by molar-refractivity contribution is 0.0522. The highest BCUT2D eigenvalue weighted by atomic mass is 35.5. The van der Waals surface area contributed by atoms with E-state index in [9.17, 15) is 4.79 Å². The summed E-state index contributed by atoms with van der Waals surface area (Å²) < 4.78 is 9.84. The number of nitrogens with zero attached hydrogens (tertiary/aromatic N) is 3. The Balaban J connectivity index is 1.76. The maximum Gasteiger partial charge on any atom is 0.373 e. The average molecular weight is 308 g/mol. The second kappa shape index (κ2) is 5.45. The summed E-state index contributed by atoms with van der Waals surface area (Å²) in [7, 11) is 1.28. The van der Waals surface area contributed by atoms with Gasteiger partial charge in [0.25, 0.3) is 0 Å². The normalized spacial score (nSPS) is 10.8. The summed E-state index contributed by atoms with van der Waals surface area (Å²) in [5.41, 5.74) is 1.30. The van der Waals surface area contributed by atoms with E-state index in [1.54, 1.807) is 24.3 Å². The van der Waals surface area contributed by atoms with Crippen molar-refractivity contribution in [1.29, 1.82) is 0 Å². The monoisotopic (exact) mass is 307 g/mol. The lowest BCUT2D eigenvalue weighted by atomic mass is 10.3. The topological polar surface area (TPSA) is 79.4 Å². The minimum atomic E-state index is -0.542. The number of fused-ring (bicyclic) bond motifs is 1. The van der Waals surface area contributed by atoms with E-state index >= 15 is 0 Å². The highest BCUT2D eigenvalue weighted by Crippen LogP contribution is 2.17. The van der Waals surface area contributed by atoms with E-state index in [1.807, 2.05) is 0 Å². The van der Waals surface area contributed by atoms with Crippen molar-refractivity contribution in [1.82, 2.24) is 15.2 Å². The molecular weight excluding hydrogens is 298 g/mol. The minimum Gasteiger partial charge on any atom is -0.463 e. The fourth-order valence-corrected chi connectivity index (χ4v) is 1.92. The molecule has 0 atom stereocenters. The van der Waals surface area contributed by atoms with E-state index < -0.39 is 5.97 Å². The molecule has 0 bridgehead atoms. The number of halogens is 1. The number of hydrogen-bond donors (Lipinski definition) is 0. The summed E-state index contributed by atoms with van der Waals surface area (Å²) >= 11 is 5.92. The first-order valence-electron chi connectivity index (χ1n) is 5.98. The van der Waals surface area contributed by atoms with Gasteiger partial charge in [-0.05, 0) is 35.5 Å². The van der Waals surface area contributed by atoms with Gasteiger partial charge in [0.05, 0.1) is 7.11 Å². The molecule has 0 N–H and O–H groups in total. The van der Waals surface area contributed by atoms with Crippen molar-refractivity contribution in [3.8, 4) is 0 Å². The van der Waals surface area contributed by atoms with Crippen LogP contribution < -0.4 is 4.84 Å². The molecule has 3 aromatic rings. The zero-order valence-electron chi connectivity index (χ0n) is 10.9. The standard InChI is InChI=1S/C13H10ClN3O4/c1-19-13(18)12-5-3-9(21-12)7-20-17-11-6-8(14)2-4-10(11)15-16-17/h2-6H,7H2,1H3.